The largest absolute Gasteiger partial charge is 0.308 e. The third-order valence-electron chi connectivity index (χ3n) is 5.09. The van der Waals surface area contributed by atoms with Gasteiger partial charge in [0, 0.05) is 37.0 Å². The highest BCUT2D eigenvalue weighted by Crippen LogP contribution is 2.24. The second-order valence-electron chi connectivity index (χ2n) is 7.95. The van der Waals surface area contributed by atoms with Gasteiger partial charge in [-0.3, -0.25) is 0 Å². The normalized spacial score (nSPS) is 11.2. The Balaban J connectivity index is 1.51. The van der Waals surface area contributed by atoms with Gasteiger partial charge in [-0.2, -0.15) is 5.10 Å². The molecule has 0 amide bonds. The number of halogens is 1. The van der Waals surface area contributed by atoms with Gasteiger partial charge in [0.1, 0.15) is 5.82 Å². The summed E-state index contributed by atoms with van der Waals surface area (Å²) in [5.41, 5.74) is 6.37. The van der Waals surface area contributed by atoms with Crippen LogP contribution in [0.15, 0.2) is 85.1 Å². The number of para-hydroxylation sites is 1. The fraction of sp³-hybridized carbons (Fsp3) is 0.192. The van der Waals surface area contributed by atoms with Crippen LogP contribution in [0.25, 0.3) is 16.9 Å². The van der Waals surface area contributed by atoms with Crippen LogP contribution in [0.2, 0.25) is 0 Å². The predicted molar refractivity (Wildman–Crippen MR) is 123 cm³/mol. The maximum absolute atomic E-state index is 13.4. The van der Waals surface area contributed by atoms with Crippen molar-refractivity contribution in [1.29, 1.82) is 0 Å². The first kappa shape index (κ1) is 21.0. The van der Waals surface area contributed by atoms with E-state index in [-0.39, 0.29) is 5.82 Å². The van der Waals surface area contributed by atoms with Crippen molar-refractivity contribution >= 4 is 0 Å². The Morgan fingerprint density at radius 2 is 1.52 bits per heavy atom. The van der Waals surface area contributed by atoms with Crippen molar-refractivity contribution in [3.8, 4) is 16.9 Å². The van der Waals surface area contributed by atoms with Crippen LogP contribution in [0, 0.1) is 5.82 Å². The molecule has 0 atom stereocenters. The lowest BCUT2D eigenvalue weighted by atomic mass is 10.1. The molecule has 0 aliphatic carbocycles. The minimum absolute atomic E-state index is 0.247. The minimum Gasteiger partial charge on any atom is -0.308 e. The van der Waals surface area contributed by atoms with Crippen molar-refractivity contribution in [2.75, 3.05) is 14.1 Å². The van der Waals surface area contributed by atoms with Gasteiger partial charge in [-0.05, 0) is 61.6 Å². The zero-order valence-electron chi connectivity index (χ0n) is 17.9. The molecule has 0 saturated heterocycles. The lowest BCUT2D eigenvalue weighted by Gasteiger charge is -2.10. The molecule has 1 aromatic heterocycles. The first-order valence-corrected chi connectivity index (χ1v) is 10.4. The van der Waals surface area contributed by atoms with Gasteiger partial charge in [-0.25, -0.2) is 9.07 Å². The van der Waals surface area contributed by atoms with Crippen molar-refractivity contribution in [1.82, 2.24) is 20.0 Å². The average Bonchev–Trinajstić information content (AvgIpc) is 3.20. The Morgan fingerprint density at radius 3 is 2.19 bits per heavy atom. The molecule has 158 valence electrons. The smallest absolute Gasteiger partial charge is 0.123 e. The first-order valence-electron chi connectivity index (χ1n) is 10.4. The molecule has 0 fully saturated rings. The second kappa shape index (κ2) is 9.69. The molecule has 0 spiro atoms. The van der Waals surface area contributed by atoms with Gasteiger partial charge < -0.3 is 10.2 Å². The van der Waals surface area contributed by atoms with Crippen LogP contribution in [0.1, 0.15) is 16.7 Å². The maximum Gasteiger partial charge on any atom is 0.123 e. The van der Waals surface area contributed by atoms with Crippen LogP contribution >= 0.6 is 0 Å². The van der Waals surface area contributed by atoms with Crippen LogP contribution in [0.5, 0.6) is 0 Å². The van der Waals surface area contributed by atoms with E-state index in [0.29, 0.717) is 6.54 Å². The van der Waals surface area contributed by atoms with Crippen molar-refractivity contribution in [2.24, 2.45) is 0 Å². The van der Waals surface area contributed by atoms with Gasteiger partial charge >= 0.3 is 0 Å². The zero-order chi connectivity index (χ0) is 21.6. The fourth-order valence-corrected chi connectivity index (χ4v) is 3.57. The monoisotopic (exact) mass is 414 g/mol. The molecule has 4 rings (SSSR count). The molecule has 5 heteroatoms. The Morgan fingerprint density at radius 1 is 0.839 bits per heavy atom. The quantitative estimate of drug-likeness (QED) is 0.439. The molecule has 0 aliphatic rings. The number of rotatable bonds is 8. The summed E-state index contributed by atoms with van der Waals surface area (Å²) in [6, 6.07) is 25.2. The van der Waals surface area contributed by atoms with Crippen LogP contribution in [0.4, 0.5) is 4.39 Å². The number of nitrogens with one attached hydrogen (secondary N) is 1. The van der Waals surface area contributed by atoms with E-state index in [0.717, 1.165) is 35.6 Å². The van der Waals surface area contributed by atoms with E-state index in [9.17, 15) is 4.39 Å². The number of benzene rings is 3. The van der Waals surface area contributed by atoms with Crippen LogP contribution < -0.4 is 5.32 Å². The molecule has 3 aromatic carbocycles. The summed E-state index contributed by atoms with van der Waals surface area (Å²) in [6.07, 6.45) is 2.04. The van der Waals surface area contributed by atoms with E-state index in [2.05, 4.69) is 48.6 Å². The van der Waals surface area contributed by atoms with Crippen molar-refractivity contribution in [2.45, 2.75) is 19.6 Å². The molecule has 1 N–H and O–H groups in total. The molecular weight excluding hydrogens is 387 g/mol. The third kappa shape index (κ3) is 5.45. The predicted octanol–water partition coefficient (Wildman–Crippen LogP) is 5.03. The Labute approximate surface area is 183 Å². The molecule has 0 saturated carbocycles. The Bertz CT molecular complexity index is 1100. The van der Waals surface area contributed by atoms with E-state index < -0.39 is 0 Å². The molecule has 4 aromatic rings. The minimum atomic E-state index is -0.247. The average molecular weight is 415 g/mol. The van der Waals surface area contributed by atoms with Gasteiger partial charge in [0.15, 0.2) is 0 Å². The lowest BCUT2D eigenvalue weighted by molar-refractivity contribution is 0.402. The number of hydrogen-bond donors (Lipinski definition) is 1. The summed E-state index contributed by atoms with van der Waals surface area (Å²) < 4.78 is 15.3. The standard InChI is InChI=1S/C26H27FN4/c1-30(2)18-21-10-8-20(9-11-21)16-28-17-23-19-31(25-6-4-3-5-7-25)29-26(23)22-12-14-24(27)15-13-22/h3-15,19,28H,16-18H2,1-2H3. The van der Waals surface area contributed by atoms with Crippen LogP contribution in [0.3, 0.4) is 0 Å². The molecule has 1 heterocycles. The van der Waals surface area contributed by atoms with Gasteiger partial charge in [-0.1, -0.05) is 42.5 Å². The second-order valence-corrected chi connectivity index (χ2v) is 7.95. The Hall–Kier alpha value is -3.28. The summed E-state index contributed by atoms with van der Waals surface area (Å²) in [4.78, 5) is 2.16. The molecule has 0 bridgehead atoms. The maximum atomic E-state index is 13.4. The summed E-state index contributed by atoms with van der Waals surface area (Å²) >= 11 is 0. The molecular formula is C26H27FN4. The van der Waals surface area contributed by atoms with E-state index >= 15 is 0 Å². The molecule has 0 aliphatic heterocycles. The van der Waals surface area contributed by atoms with Crippen LogP contribution in [-0.2, 0) is 19.6 Å². The van der Waals surface area contributed by atoms with Crippen molar-refractivity contribution < 1.29 is 4.39 Å². The van der Waals surface area contributed by atoms with Gasteiger partial charge in [0.05, 0.1) is 11.4 Å². The van der Waals surface area contributed by atoms with Crippen LogP contribution in [-0.4, -0.2) is 28.8 Å². The van der Waals surface area contributed by atoms with Gasteiger partial charge in [0.25, 0.3) is 0 Å². The summed E-state index contributed by atoms with van der Waals surface area (Å²) in [5.74, 6) is -0.247. The number of aromatic nitrogens is 2. The van der Waals surface area contributed by atoms with E-state index in [4.69, 9.17) is 5.10 Å². The summed E-state index contributed by atoms with van der Waals surface area (Å²) in [7, 11) is 4.15. The Kier molecular flexibility index (Phi) is 6.55. The summed E-state index contributed by atoms with van der Waals surface area (Å²) in [6.45, 7) is 2.37. The third-order valence-corrected chi connectivity index (χ3v) is 5.09. The first-order chi connectivity index (χ1) is 15.1. The van der Waals surface area contributed by atoms with Gasteiger partial charge in [0.2, 0.25) is 0 Å². The highest BCUT2D eigenvalue weighted by atomic mass is 19.1. The topological polar surface area (TPSA) is 33.1 Å². The SMILES string of the molecule is CN(C)Cc1ccc(CNCc2cn(-c3ccccc3)nc2-c2ccc(F)cc2)cc1. The van der Waals surface area contributed by atoms with E-state index in [1.54, 1.807) is 12.1 Å². The van der Waals surface area contributed by atoms with E-state index in [1.807, 2.05) is 41.2 Å². The summed E-state index contributed by atoms with van der Waals surface area (Å²) in [5, 5.41) is 8.32. The highest BCUT2D eigenvalue weighted by molar-refractivity contribution is 5.63. The van der Waals surface area contributed by atoms with Crippen molar-refractivity contribution in [3.63, 3.8) is 0 Å². The number of hydrogen-bond acceptors (Lipinski definition) is 3. The molecule has 31 heavy (non-hydrogen) atoms. The molecule has 4 nitrogen and oxygen atoms in total. The molecule has 0 radical (unpaired) electrons. The van der Waals surface area contributed by atoms with Gasteiger partial charge in [-0.15, -0.1) is 0 Å². The zero-order valence-corrected chi connectivity index (χ0v) is 17.9. The van der Waals surface area contributed by atoms with Crippen molar-refractivity contribution in [3.05, 3.63) is 108 Å². The fourth-order valence-electron chi connectivity index (χ4n) is 3.57. The highest BCUT2D eigenvalue weighted by Gasteiger charge is 2.12. The molecule has 0 unspecified atom stereocenters. The number of nitrogens with zero attached hydrogens (tertiary/aromatic N) is 3. The van der Waals surface area contributed by atoms with E-state index in [1.165, 1.54) is 23.3 Å². The lowest BCUT2D eigenvalue weighted by Crippen LogP contribution is -2.13.